The quantitative estimate of drug-likeness (QED) is 0.868. The molecule has 108 valence electrons. The summed E-state index contributed by atoms with van der Waals surface area (Å²) < 4.78 is 19.4. The Morgan fingerprint density at radius 3 is 3.10 bits per heavy atom. The molecule has 0 bridgehead atoms. The first kappa shape index (κ1) is 13.9. The van der Waals surface area contributed by atoms with Gasteiger partial charge in [-0.2, -0.15) is 0 Å². The van der Waals surface area contributed by atoms with Crippen molar-refractivity contribution in [2.24, 2.45) is 11.8 Å². The molecular formula is C15H18FNO2S. The summed E-state index contributed by atoms with van der Waals surface area (Å²) >= 11 is 1.49. The molecule has 5 heteroatoms. The molecular weight excluding hydrogens is 277 g/mol. The number of fused-ring (bicyclic) bond motifs is 1. The maximum absolute atomic E-state index is 13.8. The molecule has 0 aromatic heterocycles. The fourth-order valence-electron chi connectivity index (χ4n) is 2.99. The zero-order chi connectivity index (χ0) is 14.1. The van der Waals surface area contributed by atoms with Gasteiger partial charge >= 0.3 is 0 Å². The summed E-state index contributed by atoms with van der Waals surface area (Å²) in [6, 6.07) is 4.99. The van der Waals surface area contributed by atoms with Gasteiger partial charge in [0.1, 0.15) is 5.82 Å². The smallest absolute Gasteiger partial charge is 0.226 e. The molecule has 3 nitrogen and oxygen atoms in total. The first-order chi connectivity index (χ1) is 9.72. The summed E-state index contributed by atoms with van der Waals surface area (Å²) in [5.41, 5.74) is 0.567. The van der Waals surface area contributed by atoms with Crippen molar-refractivity contribution in [1.29, 1.82) is 0 Å². The molecule has 1 amide bonds. The number of halogens is 1. The van der Waals surface area contributed by atoms with Crippen LogP contribution >= 0.6 is 11.8 Å². The molecule has 1 saturated heterocycles. The second-order valence-electron chi connectivity index (χ2n) is 5.31. The van der Waals surface area contributed by atoms with Crippen LogP contribution in [0.2, 0.25) is 0 Å². The lowest BCUT2D eigenvalue weighted by atomic mass is 10.1. The highest BCUT2D eigenvalue weighted by atomic mass is 32.2. The molecule has 1 aliphatic carbocycles. The van der Waals surface area contributed by atoms with Crippen molar-refractivity contribution in [3.63, 3.8) is 0 Å². The van der Waals surface area contributed by atoms with E-state index >= 15 is 0 Å². The SMILES string of the molecule is CSc1cccc(F)c1CNC(=O)C1C2CCCOC21. The molecule has 2 aliphatic rings. The minimum Gasteiger partial charge on any atom is -0.377 e. The Kier molecular flexibility index (Phi) is 3.98. The first-order valence-electron chi connectivity index (χ1n) is 6.93. The lowest BCUT2D eigenvalue weighted by Crippen LogP contribution is -2.26. The molecule has 0 spiro atoms. The number of carbonyl (C=O) groups excluding carboxylic acids is 1. The number of hydrogen-bond acceptors (Lipinski definition) is 3. The monoisotopic (exact) mass is 295 g/mol. The molecule has 1 aromatic rings. The Labute approximate surface area is 122 Å². The Balaban J connectivity index is 1.61. The molecule has 1 heterocycles. The van der Waals surface area contributed by atoms with E-state index in [2.05, 4.69) is 5.32 Å². The summed E-state index contributed by atoms with van der Waals surface area (Å²) in [6.45, 7) is 1.01. The number of ether oxygens (including phenoxy) is 1. The van der Waals surface area contributed by atoms with Crippen molar-refractivity contribution < 1.29 is 13.9 Å². The van der Waals surface area contributed by atoms with Gasteiger partial charge in [-0.15, -0.1) is 11.8 Å². The number of benzene rings is 1. The predicted octanol–water partition coefficient (Wildman–Crippen LogP) is 2.59. The van der Waals surface area contributed by atoms with Crippen molar-refractivity contribution >= 4 is 17.7 Å². The van der Waals surface area contributed by atoms with Gasteiger partial charge in [0.2, 0.25) is 5.91 Å². The van der Waals surface area contributed by atoms with Crippen LogP contribution in [0.5, 0.6) is 0 Å². The zero-order valence-corrected chi connectivity index (χ0v) is 12.2. The predicted molar refractivity (Wildman–Crippen MR) is 76.0 cm³/mol. The van der Waals surface area contributed by atoms with E-state index < -0.39 is 0 Å². The van der Waals surface area contributed by atoms with E-state index in [1.54, 1.807) is 6.07 Å². The normalized spacial score (nSPS) is 27.8. The maximum Gasteiger partial charge on any atom is 0.226 e. The number of rotatable bonds is 4. The van der Waals surface area contributed by atoms with Crippen LogP contribution in [0.15, 0.2) is 23.1 Å². The van der Waals surface area contributed by atoms with Gasteiger partial charge in [0.25, 0.3) is 0 Å². The highest BCUT2D eigenvalue weighted by Gasteiger charge is 2.56. The van der Waals surface area contributed by atoms with Crippen LogP contribution in [0.25, 0.3) is 0 Å². The number of hydrogen-bond donors (Lipinski definition) is 1. The van der Waals surface area contributed by atoms with Gasteiger partial charge < -0.3 is 10.1 Å². The highest BCUT2D eigenvalue weighted by Crippen LogP contribution is 2.47. The second-order valence-corrected chi connectivity index (χ2v) is 6.15. The molecule has 1 N–H and O–H groups in total. The zero-order valence-electron chi connectivity index (χ0n) is 11.4. The van der Waals surface area contributed by atoms with Crippen LogP contribution in [0.1, 0.15) is 18.4 Å². The standard InChI is InChI=1S/C15H18FNO2S/c1-20-12-6-2-5-11(16)10(12)8-17-15(18)13-9-4-3-7-19-14(9)13/h2,5-6,9,13-14H,3-4,7-8H2,1H3,(H,17,18). The molecule has 0 radical (unpaired) electrons. The lowest BCUT2D eigenvalue weighted by Gasteiger charge is -2.10. The van der Waals surface area contributed by atoms with Crippen molar-refractivity contribution in [1.82, 2.24) is 5.32 Å². The Bertz CT molecular complexity index is 511. The molecule has 1 saturated carbocycles. The third-order valence-electron chi connectivity index (χ3n) is 4.13. The largest absolute Gasteiger partial charge is 0.377 e. The van der Waals surface area contributed by atoms with E-state index in [1.165, 1.54) is 17.8 Å². The number of carbonyl (C=O) groups is 1. The van der Waals surface area contributed by atoms with E-state index in [0.717, 1.165) is 24.3 Å². The van der Waals surface area contributed by atoms with Crippen LogP contribution in [0.3, 0.4) is 0 Å². The van der Waals surface area contributed by atoms with Crippen molar-refractivity contribution in [2.75, 3.05) is 12.9 Å². The molecule has 3 unspecified atom stereocenters. The van der Waals surface area contributed by atoms with Crippen molar-refractivity contribution in [2.45, 2.75) is 30.4 Å². The molecule has 3 atom stereocenters. The van der Waals surface area contributed by atoms with Gasteiger partial charge in [-0.1, -0.05) is 6.07 Å². The van der Waals surface area contributed by atoms with Gasteiger partial charge in [0.15, 0.2) is 0 Å². The molecule has 20 heavy (non-hydrogen) atoms. The van der Waals surface area contributed by atoms with Gasteiger partial charge in [-0.3, -0.25) is 4.79 Å². The maximum atomic E-state index is 13.8. The third-order valence-corrected chi connectivity index (χ3v) is 4.95. The fraction of sp³-hybridized carbons (Fsp3) is 0.533. The van der Waals surface area contributed by atoms with E-state index in [4.69, 9.17) is 4.74 Å². The van der Waals surface area contributed by atoms with E-state index in [1.807, 2.05) is 12.3 Å². The van der Waals surface area contributed by atoms with E-state index in [0.29, 0.717) is 11.5 Å². The van der Waals surface area contributed by atoms with E-state index in [-0.39, 0.29) is 30.3 Å². The Morgan fingerprint density at radius 1 is 1.55 bits per heavy atom. The fourth-order valence-corrected chi connectivity index (χ4v) is 3.62. The van der Waals surface area contributed by atoms with Crippen LogP contribution in [0, 0.1) is 17.7 Å². The minimum absolute atomic E-state index is 0.00259. The van der Waals surface area contributed by atoms with Gasteiger partial charge in [0.05, 0.1) is 12.0 Å². The minimum atomic E-state index is -0.262. The van der Waals surface area contributed by atoms with Crippen LogP contribution in [-0.4, -0.2) is 24.9 Å². The third kappa shape index (κ3) is 2.56. The van der Waals surface area contributed by atoms with Crippen molar-refractivity contribution in [3.05, 3.63) is 29.6 Å². The van der Waals surface area contributed by atoms with E-state index in [9.17, 15) is 9.18 Å². The first-order valence-corrected chi connectivity index (χ1v) is 8.15. The van der Waals surface area contributed by atoms with Gasteiger partial charge in [0, 0.05) is 29.5 Å². The lowest BCUT2D eigenvalue weighted by molar-refractivity contribution is -0.123. The summed E-state index contributed by atoms with van der Waals surface area (Å²) in [6.07, 6.45) is 4.11. The van der Waals surface area contributed by atoms with Crippen LogP contribution in [0.4, 0.5) is 4.39 Å². The summed E-state index contributed by atoms with van der Waals surface area (Å²) in [4.78, 5) is 13.0. The summed E-state index contributed by atoms with van der Waals surface area (Å²) in [5, 5.41) is 2.86. The molecule has 2 fully saturated rings. The van der Waals surface area contributed by atoms with Gasteiger partial charge in [-0.25, -0.2) is 4.39 Å². The van der Waals surface area contributed by atoms with Crippen LogP contribution in [-0.2, 0) is 16.1 Å². The van der Waals surface area contributed by atoms with Crippen molar-refractivity contribution in [3.8, 4) is 0 Å². The highest BCUT2D eigenvalue weighted by molar-refractivity contribution is 7.98. The van der Waals surface area contributed by atoms with Gasteiger partial charge in [-0.05, 0) is 31.2 Å². The second kappa shape index (κ2) is 5.74. The number of thioether (sulfide) groups is 1. The molecule has 3 rings (SSSR count). The molecule has 1 aromatic carbocycles. The Morgan fingerprint density at radius 2 is 2.40 bits per heavy atom. The average molecular weight is 295 g/mol. The molecule has 1 aliphatic heterocycles. The summed E-state index contributed by atoms with van der Waals surface area (Å²) in [5.74, 6) is 0.0882. The number of amides is 1. The summed E-state index contributed by atoms with van der Waals surface area (Å²) in [7, 11) is 0. The number of nitrogens with one attached hydrogen (secondary N) is 1. The Hall–Kier alpha value is -1.07. The average Bonchev–Trinajstić information content (AvgIpc) is 3.19. The van der Waals surface area contributed by atoms with Crippen LogP contribution < -0.4 is 5.32 Å². The topological polar surface area (TPSA) is 38.3 Å².